The SMILES string of the molecule is CCC(=O)c1ccccc1NC1(C(=O)OC)CCN(CCn2nnn(C(C)C)c2=O)CC1. The van der Waals surface area contributed by atoms with E-state index in [1.54, 1.807) is 6.07 Å². The van der Waals surface area contributed by atoms with Gasteiger partial charge >= 0.3 is 11.7 Å². The smallest absolute Gasteiger partial charge is 0.363 e. The Morgan fingerprint density at radius 2 is 1.84 bits per heavy atom. The molecule has 0 spiro atoms. The number of likely N-dealkylation sites (tertiary alicyclic amines) is 1. The van der Waals surface area contributed by atoms with E-state index >= 15 is 0 Å². The Kier molecular flexibility index (Phi) is 7.44. The number of Topliss-reactive ketones (excluding diaryl/α,β-unsaturated/α-hetero) is 1. The maximum Gasteiger partial charge on any atom is 0.363 e. The van der Waals surface area contributed by atoms with Crippen LogP contribution in [-0.4, -0.2) is 68.7 Å². The highest BCUT2D eigenvalue weighted by molar-refractivity contribution is 6.01. The highest BCUT2D eigenvalue weighted by atomic mass is 16.5. The third kappa shape index (κ3) is 4.90. The van der Waals surface area contributed by atoms with Gasteiger partial charge in [0.2, 0.25) is 0 Å². The van der Waals surface area contributed by atoms with E-state index in [2.05, 4.69) is 20.6 Å². The van der Waals surface area contributed by atoms with Crippen molar-refractivity contribution < 1.29 is 14.3 Å². The Hall–Kier alpha value is -3.01. The number of nitrogens with zero attached hydrogens (tertiary/aromatic N) is 5. The summed E-state index contributed by atoms with van der Waals surface area (Å²) in [6, 6.07) is 7.22. The molecule has 1 aliphatic rings. The number of aromatic nitrogens is 4. The third-order valence-electron chi connectivity index (χ3n) is 5.99. The van der Waals surface area contributed by atoms with E-state index in [-0.39, 0.29) is 23.5 Å². The number of carbonyl (C=O) groups is 2. The summed E-state index contributed by atoms with van der Waals surface area (Å²) in [4.78, 5) is 39.6. The first-order valence-electron chi connectivity index (χ1n) is 11.0. The van der Waals surface area contributed by atoms with Crippen LogP contribution in [0.1, 0.15) is 56.4 Å². The quantitative estimate of drug-likeness (QED) is 0.460. The monoisotopic (exact) mass is 444 g/mol. The van der Waals surface area contributed by atoms with Crippen molar-refractivity contribution in [3.05, 3.63) is 40.3 Å². The highest BCUT2D eigenvalue weighted by Crippen LogP contribution is 2.30. The fraction of sp³-hybridized carbons (Fsp3) is 0.591. The van der Waals surface area contributed by atoms with Crippen molar-refractivity contribution in [1.82, 2.24) is 24.7 Å². The fourth-order valence-electron chi connectivity index (χ4n) is 4.00. The van der Waals surface area contributed by atoms with Gasteiger partial charge in [-0.05, 0) is 49.2 Å². The van der Waals surface area contributed by atoms with E-state index in [4.69, 9.17) is 4.74 Å². The van der Waals surface area contributed by atoms with Gasteiger partial charge in [-0.15, -0.1) is 0 Å². The molecule has 1 aliphatic heterocycles. The van der Waals surface area contributed by atoms with Crippen LogP contribution >= 0.6 is 0 Å². The minimum absolute atomic E-state index is 0.0189. The van der Waals surface area contributed by atoms with Gasteiger partial charge in [-0.1, -0.05) is 19.1 Å². The summed E-state index contributed by atoms with van der Waals surface area (Å²) < 4.78 is 7.85. The van der Waals surface area contributed by atoms with Gasteiger partial charge in [-0.25, -0.2) is 9.59 Å². The summed E-state index contributed by atoms with van der Waals surface area (Å²) in [5.41, 5.74) is 0.0932. The number of piperidine rings is 1. The van der Waals surface area contributed by atoms with Gasteiger partial charge in [0.15, 0.2) is 5.78 Å². The number of methoxy groups -OCH3 is 1. The second-order valence-corrected chi connectivity index (χ2v) is 8.39. The lowest BCUT2D eigenvalue weighted by molar-refractivity contribution is -0.147. The summed E-state index contributed by atoms with van der Waals surface area (Å²) in [6.07, 6.45) is 1.42. The molecule has 0 radical (unpaired) electrons. The summed E-state index contributed by atoms with van der Waals surface area (Å²) in [5, 5.41) is 11.2. The molecular formula is C22H32N6O4. The molecule has 2 aromatic rings. The van der Waals surface area contributed by atoms with Gasteiger partial charge < -0.3 is 15.0 Å². The van der Waals surface area contributed by atoms with Crippen LogP contribution in [0.3, 0.4) is 0 Å². The number of ether oxygens (including phenoxy) is 1. The van der Waals surface area contributed by atoms with E-state index in [0.717, 1.165) is 0 Å². The number of carbonyl (C=O) groups excluding carboxylic acids is 2. The largest absolute Gasteiger partial charge is 0.467 e. The average Bonchev–Trinajstić information content (AvgIpc) is 3.18. The van der Waals surface area contributed by atoms with Gasteiger partial charge in [-0.3, -0.25) is 4.79 Å². The standard InChI is InChI=1S/C22H32N6O4/c1-5-19(29)17-8-6-7-9-18(17)23-22(20(30)32-4)10-12-26(13-11-22)14-15-27-21(31)28(16(2)3)25-24-27/h6-9,16,23H,5,10-15H2,1-4H3. The predicted octanol–water partition coefficient (Wildman–Crippen LogP) is 1.73. The van der Waals surface area contributed by atoms with Gasteiger partial charge in [-0.2, -0.15) is 9.36 Å². The van der Waals surface area contributed by atoms with Crippen molar-refractivity contribution in [2.75, 3.05) is 32.1 Å². The molecule has 0 saturated carbocycles. The van der Waals surface area contributed by atoms with E-state index in [0.29, 0.717) is 56.7 Å². The van der Waals surface area contributed by atoms with E-state index in [1.165, 1.54) is 16.5 Å². The summed E-state index contributed by atoms with van der Waals surface area (Å²) in [6.45, 7) is 7.92. The van der Waals surface area contributed by atoms with E-state index < -0.39 is 5.54 Å². The van der Waals surface area contributed by atoms with Gasteiger partial charge in [0, 0.05) is 37.3 Å². The van der Waals surface area contributed by atoms with Crippen LogP contribution in [0.15, 0.2) is 29.1 Å². The number of para-hydroxylation sites is 1. The molecule has 3 rings (SSSR count). The van der Waals surface area contributed by atoms with E-state index in [9.17, 15) is 14.4 Å². The molecule has 1 aromatic heterocycles. The van der Waals surface area contributed by atoms with Crippen molar-refractivity contribution in [2.24, 2.45) is 0 Å². The molecule has 0 amide bonds. The topological polar surface area (TPSA) is 111 Å². The molecule has 10 nitrogen and oxygen atoms in total. The molecule has 2 heterocycles. The maximum atomic E-state index is 12.8. The number of anilines is 1. The molecule has 0 bridgehead atoms. The molecule has 0 atom stereocenters. The molecule has 10 heteroatoms. The fourth-order valence-corrected chi connectivity index (χ4v) is 4.00. The number of benzene rings is 1. The zero-order chi connectivity index (χ0) is 23.3. The molecule has 1 N–H and O–H groups in total. The number of nitrogens with one attached hydrogen (secondary N) is 1. The van der Waals surface area contributed by atoms with Crippen LogP contribution in [0.2, 0.25) is 0 Å². The highest BCUT2D eigenvalue weighted by Gasteiger charge is 2.43. The minimum Gasteiger partial charge on any atom is -0.467 e. The third-order valence-corrected chi connectivity index (χ3v) is 5.99. The zero-order valence-electron chi connectivity index (χ0n) is 19.2. The predicted molar refractivity (Wildman–Crippen MR) is 120 cm³/mol. The lowest BCUT2D eigenvalue weighted by Gasteiger charge is -2.41. The van der Waals surface area contributed by atoms with Crippen molar-refractivity contribution in [1.29, 1.82) is 0 Å². The van der Waals surface area contributed by atoms with Gasteiger partial charge in [0.1, 0.15) is 5.54 Å². The van der Waals surface area contributed by atoms with Crippen LogP contribution in [0.25, 0.3) is 0 Å². The number of ketones is 1. The summed E-state index contributed by atoms with van der Waals surface area (Å²) in [7, 11) is 1.38. The maximum absolute atomic E-state index is 12.8. The molecule has 174 valence electrons. The van der Waals surface area contributed by atoms with Crippen LogP contribution in [-0.2, 0) is 16.1 Å². The van der Waals surface area contributed by atoms with Crippen LogP contribution in [0, 0.1) is 0 Å². The van der Waals surface area contributed by atoms with Crippen molar-refractivity contribution >= 4 is 17.4 Å². The molecule has 32 heavy (non-hydrogen) atoms. The molecular weight excluding hydrogens is 412 g/mol. The Balaban J connectivity index is 1.69. The first-order valence-corrected chi connectivity index (χ1v) is 11.0. The van der Waals surface area contributed by atoms with Crippen LogP contribution in [0.5, 0.6) is 0 Å². The van der Waals surface area contributed by atoms with Crippen molar-refractivity contribution in [3.8, 4) is 0 Å². The summed E-state index contributed by atoms with van der Waals surface area (Å²) >= 11 is 0. The van der Waals surface area contributed by atoms with Gasteiger partial charge in [0.05, 0.1) is 19.7 Å². The average molecular weight is 445 g/mol. The molecule has 1 aromatic carbocycles. The number of rotatable bonds is 9. The second kappa shape index (κ2) is 10.1. The van der Waals surface area contributed by atoms with Crippen molar-refractivity contribution in [2.45, 2.75) is 58.2 Å². The normalized spacial score (nSPS) is 16.2. The molecule has 0 aliphatic carbocycles. The van der Waals surface area contributed by atoms with Gasteiger partial charge in [0.25, 0.3) is 0 Å². The number of esters is 1. The lowest BCUT2D eigenvalue weighted by Crippen LogP contribution is -2.55. The Morgan fingerprint density at radius 3 is 2.44 bits per heavy atom. The minimum atomic E-state index is -0.910. The number of hydrogen-bond acceptors (Lipinski definition) is 8. The van der Waals surface area contributed by atoms with E-state index in [1.807, 2.05) is 39.0 Å². The molecule has 1 fully saturated rings. The Morgan fingerprint density at radius 1 is 1.16 bits per heavy atom. The number of tetrazole rings is 1. The second-order valence-electron chi connectivity index (χ2n) is 8.39. The van der Waals surface area contributed by atoms with Crippen LogP contribution in [0.4, 0.5) is 5.69 Å². The Bertz CT molecular complexity index is 1000. The zero-order valence-corrected chi connectivity index (χ0v) is 19.2. The van der Waals surface area contributed by atoms with Crippen molar-refractivity contribution in [3.63, 3.8) is 0 Å². The summed E-state index contributed by atoms with van der Waals surface area (Å²) in [5.74, 6) is -0.322. The van der Waals surface area contributed by atoms with Crippen LogP contribution < -0.4 is 11.0 Å². The first kappa shape index (κ1) is 23.6. The first-order chi connectivity index (χ1) is 15.3. The molecule has 1 saturated heterocycles. The number of hydrogen-bond donors (Lipinski definition) is 1. The lowest BCUT2D eigenvalue weighted by atomic mass is 9.86. The Labute approximate surface area is 187 Å². The molecule has 0 unspecified atom stereocenters.